The highest BCUT2D eigenvalue weighted by Gasteiger charge is 2.36. The normalized spacial score (nSPS) is 18.4. The van der Waals surface area contributed by atoms with Gasteiger partial charge in [0.25, 0.3) is 5.69 Å². The lowest BCUT2D eigenvalue weighted by molar-refractivity contribution is -0.385. The summed E-state index contributed by atoms with van der Waals surface area (Å²) in [5, 5.41) is 10.6. The molecule has 9 heteroatoms. The Morgan fingerprint density at radius 1 is 1.55 bits per heavy atom. The number of anilines is 1. The molecular weight excluding hydrogens is 337 g/mol. The number of nitrogens with zero attached hydrogens (tertiary/aromatic N) is 2. The number of nitro groups is 1. The molecule has 0 radical (unpaired) electrons. The highest BCUT2D eigenvalue weighted by atomic mass is 79.9. The molecule has 1 heterocycles. The van der Waals surface area contributed by atoms with E-state index in [1.54, 1.807) is 0 Å². The van der Waals surface area contributed by atoms with Crippen LogP contribution < -0.4 is 10.6 Å². The number of hydrogen-bond acceptors (Lipinski definition) is 4. The van der Waals surface area contributed by atoms with Crippen LogP contribution in [-0.4, -0.2) is 23.3 Å². The van der Waals surface area contributed by atoms with Crippen LogP contribution in [0, 0.1) is 21.8 Å². The van der Waals surface area contributed by atoms with Crippen molar-refractivity contribution in [1.82, 2.24) is 0 Å². The Kier molecular flexibility index (Phi) is 3.71. The molecule has 0 saturated carbocycles. The topological polar surface area (TPSA) is 107 Å². The van der Waals surface area contributed by atoms with Crippen molar-refractivity contribution in [3.8, 4) is 0 Å². The van der Waals surface area contributed by atoms with Crippen LogP contribution in [-0.2, 0) is 9.59 Å². The van der Waals surface area contributed by atoms with Crippen LogP contribution in [0.4, 0.5) is 15.8 Å². The quantitative estimate of drug-likeness (QED) is 0.658. The molecule has 20 heavy (non-hydrogen) atoms. The summed E-state index contributed by atoms with van der Waals surface area (Å²) >= 11 is 3.01. The molecule has 1 unspecified atom stereocenters. The van der Waals surface area contributed by atoms with E-state index in [1.165, 1.54) is 0 Å². The highest BCUT2D eigenvalue weighted by Crippen LogP contribution is 2.36. The van der Waals surface area contributed by atoms with Gasteiger partial charge in [-0.3, -0.25) is 19.7 Å². The molecule has 1 aromatic rings. The van der Waals surface area contributed by atoms with E-state index in [0.717, 1.165) is 17.0 Å². The molecule has 2 N–H and O–H groups in total. The van der Waals surface area contributed by atoms with Gasteiger partial charge in [0.05, 0.1) is 27.1 Å². The molecule has 106 valence electrons. The van der Waals surface area contributed by atoms with Gasteiger partial charge in [-0.25, -0.2) is 4.39 Å². The second kappa shape index (κ2) is 5.16. The number of carbonyl (C=O) groups excluding carboxylic acids is 2. The second-order valence-electron chi connectivity index (χ2n) is 4.32. The molecule has 1 saturated heterocycles. The number of nitro benzene ring substituents is 1. The van der Waals surface area contributed by atoms with Crippen LogP contribution in [0.5, 0.6) is 0 Å². The number of carbonyl (C=O) groups is 2. The maximum atomic E-state index is 14.0. The zero-order chi connectivity index (χ0) is 15.0. The Balaban J connectivity index is 2.41. The van der Waals surface area contributed by atoms with E-state index in [1.807, 2.05) is 0 Å². The lowest BCUT2D eigenvalue weighted by Gasteiger charge is -2.18. The summed E-state index contributed by atoms with van der Waals surface area (Å²) in [7, 11) is 0. The highest BCUT2D eigenvalue weighted by molar-refractivity contribution is 9.10. The van der Waals surface area contributed by atoms with Gasteiger partial charge in [-0.15, -0.1) is 0 Å². The number of nitrogens with two attached hydrogens (primary N) is 1. The Morgan fingerprint density at radius 3 is 2.65 bits per heavy atom. The molecule has 0 aromatic heterocycles. The zero-order valence-electron chi connectivity index (χ0n) is 10.0. The SMILES string of the molecule is NC(=O)C1CC(=O)N(c2c(F)cc([N+](=O)[O-])cc2Br)C1. The fourth-order valence-corrected chi connectivity index (χ4v) is 2.67. The van der Waals surface area contributed by atoms with Gasteiger partial charge in [-0.05, 0) is 15.9 Å². The van der Waals surface area contributed by atoms with E-state index in [-0.39, 0.29) is 23.1 Å². The monoisotopic (exact) mass is 345 g/mol. The molecule has 7 nitrogen and oxygen atoms in total. The van der Waals surface area contributed by atoms with Crippen LogP contribution in [0.2, 0.25) is 0 Å². The van der Waals surface area contributed by atoms with E-state index in [2.05, 4.69) is 15.9 Å². The minimum atomic E-state index is -0.912. The second-order valence-corrected chi connectivity index (χ2v) is 5.18. The molecule has 1 fully saturated rings. The van der Waals surface area contributed by atoms with E-state index in [0.29, 0.717) is 0 Å². The Morgan fingerprint density at radius 2 is 2.20 bits per heavy atom. The molecule has 2 rings (SSSR count). The molecular formula is C11H9BrFN3O4. The van der Waals surface area contributed by atoms with Crippen LogP contribution in [0.1, 0.15) is 6.42 Å². The lowest BCUT2D eigenvalue weighted by atomic mass is 10.1. The lowest BCUT2D eigenvalue weighted by Crippen LogP contribution is -2.29. The number of benzene rings is 1. The van der Waals surface area contributed by atoms with Gasteiger partial charge in [0, 0.05) is 19.0 Å². The molecule has 1 aliphatic heterocycles. The molecule has 0 bridgehead atoms. The summed E-state index contributed by atoms with van der Waals surface area (Å²) in [4.78, 5) is 33.8. The van der Waals surface area contributed by atoms with Crippen molar-refractivity contribution in [2.24, 2.45) is 11.7 Å². The fourth-order valence-electron chi connectivity index (χ4n) is 2.03. The van der Waals surface area contributed by atoms with Gasteiger partial charge in [0.2, 0.25) is 11.8 Å². The van der Waals surface area contributed by atoms with E-state index < -0.39 is 34.2 Å². The predicted octanol–water partition coefficient (Wildman–Crippen LogP) is 1.33. The third kappa shape index (κ3) is 2.48. The summed E-state index contributed by atoms with van der Waals surface area (Å²) in [6, 6.07) is 1.83. The number of halogens is 2. The number of amides is 2. The molecule has 0 spiro atoms. The van der Waals surface area contributed by atoms with Crippen molar-refractivity contribution in [3.63, 3.8) is 0 Å². The van der Waals surface area contributed by atoms with Crippen LogP contribution in [0.3, 0.4) is 0 Å². The average Bonchev–Trinajstić information content (AvgIpc) is 2.70. The van der Waals surface area contributed by atoms with Crippen molar-refractivity contribution < 1.29 is 18.9 Å². The van der Waals surface area contributed by atoms with Gasteiger partial charge in [0.1, 0.15) is 0 Å². The van der Waals surface area contributed by atoms with Crippen molar-refractivity contribution in [1.29, 1.82) is 0 Å². The van der Waals surface area contributed by atoms with E-state index in [4.69, 9.17) is 5.73 Å². The summed E-state index contributed by atoms with van der Waals surface area (Å²) in [6.45, 7) is -0.0402. The molecule has 1 aliphatic rings. The Hall–Kier alpha value is -2.03. The van der Waals surface area contributed by atoms with Crippen molar-refractivity contribution >= 4 is 39.1 Å². The van der Waals surface area contributed by atoms with E-state index >= 15 is 0 Å². The first-order valence-electron chi connectivity index (χ1n) is 5.54. The molecule has 1 aromatic carbocycles. The number of rotatable bonds is 3. The van der Waals surface area contributed by atoms with Crippen LogP contribution in [0.25, 0.3) is 0 Å². The smallest absolute Gasteiger partial charge is 0.273 e. The van der Waals surface area contributed by atoms with Gasteiger partial charge in [0.15, 0.2) is 5.82 Å². The van der Waals surface area contributed by atoms with Crippen LogP contribution >= 0.6 is 15.9 Å². The Labute approximate surface area is 120 Å². The number of non-ortho nitro benzene ring substituents is 1. The largest absolute Gasteiger partial charge is 0.369 e. The maximum absolute atomic E-state index is 14.0. The molecule has 2 amide bonds. The summed E-state index contributed by atoms with van der Waals surface area (Å²) in [5.74, 6) is -2.70. The standard InChI is InChI=1S/C11H9BrFN3O4/c12-7-2-6(16(19)20)3-8(13)10(7)15-4-5(11(14)18)1-9(15)17/h2-3,5H,1,4H2,(H2,14,18). The first-order valence-corrected chi connectivity index (χ1v) is 6.33. The third-order valence-corrected chi connectivity index (χ3v) is 3.61. The maximum Gasteiger partial charge on any atom is 0.273 e. The third-order valence-electron chi connectivity index (χ3n) is 3.01. The van der Waals surface area contributed by atoms with Crippen molar-refractivity contribution in [3.05, 3.63) is 32.5 Å². The van der Waals surface area contributed by atoms with E-state index in [9.17, 15) is 24.1 Å². The molecule has 1 atom stereocenters. The molecule has 0 aliphatic carbocycles. The van der Waals surface area contributed by atoms with Gasteiger partial charge < -0.3 is 10.6 Å². The van der Waals surface area contributed by atoms with Crippen LogP contribution in [0.15, 0.2) is 16.6 Å². The minimum Gasteiger partial charge on any atom is -0.369 e. The summed E-state index contributed by atoms with van der Waals surface area (Å²) in [6.07, 6.45) is -0.0990. The van der Waals surface area contributed by atoms with Crippen molar-refractivity contribution in [2.75, 3.05) is 11.4 Å². The summed E-state index contributed by atoms with van der Waals surface area (Å²) in [5.41, 5.74) is 4.57. The summed E-state index contributed by atoms with van der Waals surface area (Å²) < 4.78 is 14.1. The predicted molar refractivity (Wildman–Crippen MR) is 70.4 cm³/mol. The Bertz CT molecular complexity index is 599. The van der Waals surface area contributed by atoms with Gasteiger partial charge in [-0.2, -0.15) is 0 Å². The fraction of sp³-hybridized carbons (Fsp3) is 0.273. The van der Waals surface area contributed by atoms with Gasteiger partial charge in [-0.1, -0.05) is 0 Å². The minimum absolute atomic E-state index is 0.0402. The first kappa shape index (κ1) is 14.4. The number of primary amides is 1. The van der Waals surface area contributed by atoms with Crippen molar-refractivity contribution in [2.45, 2.75) is 6.42 Å². The first-order chi connectivity index (χ1) is 9.31. The van der Waals surface area contributed by atoms with Gasteiger partial charge >= 0.3 is 0 Å². The zero-order valence-corrected chi connectivity index (χ0v) is 11.6. The average molecular weight is 346 g/mol. The number of hydrogen-bond donors (Lipinski definition) is 1.